The van der Waals surface area contributed by atoms with Gasteiger partial charge in [-0.05, 0) is 0 Å². The first-order valence-corrected chi connectivity index (χ1v) is 11.1. The van der Waals surface area contributed by atoms with Crippen LogP contribution in [0.5, 0.6) is 0 Å². The van der Waals surface area contributed by atoms with Crippen molar-refractivity contribution in [2.75, 3.05) is 11.9 Å². The van der Waals surface area contributed by atoms with Crippen molar-refractivity contribution in [3.63, 3.8) is 0 Å². The summed E-state index contributed by atoms with van der Waals surface area (Å²) in [7, 11) is 2.92. The lowest BCUT2D eigenvalue weighted by Crippen LogP contribution is -2.39. The third-order valence-electron chi connectivity index (χ3n) is 5.62. The third kappa shape index (κ3) is 3.67. The Bertz CT molecular complexity index is 1550. The van der Waals surface area contributed by atoms with E-state index in [1.165, 1.54) is 59.5 Å². The van der Waals surface area contributed by atoms with Crippen molar-refractivity contribution in [2.24, 2.45) is 14.1 Å². The maximum atomic E-state index is 13.0. The quantitative estimate of drug-likeness (QED) is 0.411. The highest BCUT2D eigenvalue weighted by molar-refractivity contribution is 7.15. The van der Waals surface area contributed by atoms with Gasteiger partial charge in [0.15, 0.2) is 16.3 Å². The molecule has 1 aliphatic heterocycles. The van der Waals surface area contributed by atoms with Gasteiger partial charge in [0.2, 0.25) is 5.91 Å². The first-order chi connectivity index (χ1) is 16.3. The number of nitrogens with zero attached hydrogens (tertiary/aromatic N) is 8. The van der Waals surface area contributed by atoms with Crippen LogP contribution in [0.4, 0.5) is 5.13 Å². The first kappa shape index (κ1) is 21.6. The van der Waals surface area contributed by atoms with Gasteiger partial charge < -0.3 is 9.47 Å². The number of carbonyl (C=O) groups is 2. The third-order valence-corrected chi connectivity index (χ3v) is 6.62. The van der Waals surface area contributed by atoms with E-state index in [9.17, 15) is 19.2 Å². The number of anilines is 1. The number of imidazole rings is 1. The van der Waals surface area contributed by atoms with Crippen LogP contribution in [0.1, 0.15) is 21.1 Å². The molecule has 0 bridgehead atoms. The summed E-state index contributed by atoms with van der Waals surface area (Å²) in [6.07, 6.45) is 6.22. The van der Waals surface area contributed by atoms with Crippen LogP contribution in [-0.2, 0) is 38.4 Å². The molecule has 5 rings (SSSR count). The smallest absolute Gasteiger partial charge is 0.332 e. The van der Waals surface area contributed by atoms with E-state index in [0.717, 1.165) is 15.1 Å². The SMILES string of the molecule is Cn1c(=O)c2c(ncn2CC(=O)N2CCc3nc(NC(=O)c4cnccn4)sc3C2)n(C)c1=O. The van der Waals surface area contributed by atoms with Crippen molar-refractivity contribution in [3.05, 3.63) is 62.0 Å². The second-order valence-corrected chi connectivity index (χ2v) is 8.83. The lowest BCUT2D eigenvalue weighted by Gasteiger charge is -2.26. The number of aromatic nitrogens is 7. The summed E-state index contributed by atoms with van der Waals surface area (Å²) >= 11 is 1.30. The van der Waals surface area contributed by atoms with Gasteiger partial charge in [-0.1, -0.05) is 11.3 Å². The monoisotopic (exact) mass is 481 g/mol. The molecule has 1 aliphatic rings. The Kier molecular flexibility index (Phi) is 5.28. The molecule has 14 heteroatoms. The molecular formula is C20H19N9O4S. The molecular weight excluding hydrogens is 462 g/mol. The maximum Gasteiger partial charge on any atom is 0.332 e. The van der Waals surface area contributed by atoms with Gasteiger partial charge >= 0.3 is 5.69 Å². The molecule has 4 aromatic heterocycles. The normalized spacial score (nSPS) is 13.2. The molecule has 0 radical (unpaired) electrons. The van der Waals surface area contributed by atoms with E-state index in [4.69, 9.17) is 0 Å². The number of amides is 2. The van der Waals surface area contributed by atoms with Crippen molar-refractivity contribution >= 4 is 39.4 Å². The van der Waals surface area contributed by atoms with Gasteiger partial charge in [0, 0.05) is 44.3 Å². The van der Waals surface area contributed by atoms with Crippen LogP contribution in [0.2, 0.25) is 0 Å². The fraction of sp³-hybridized carbons (Fsp3) is 0.300. The van der Waals surface area contributed by atoms with Gasteiger partial charge in [0.1, 0.15) is 12.2 Å². The van der Waals surface area contributed by atoms with Gasteiger partial charge in [-0.2, -0.15) is 0 Å². The molecule has 2 amide bonds. The number of rotatable bonds is 4. The average molecular weight is 481 g/mol. The highest BCUT2D eigenvalue weighted by Crippen LogP contribution is 2.28. The Hall–Kier alpha value is -4.20. The molecule has 13 nitrogen and oxygen atoms in total. The molecule has 174 valence electrons. The number of carbonyl (C=O) groups excluding carboxylic acids is 2. The number of hydrogen-bond acceptors (Lipinski definition) is 9. The summed E-state index contributed by atoms with van der Waals surface area (Å²) in [5.74, 6) is -0.602. The van der Waals surface area contributed by atoms with E-state index in [-0.39, 0.29) is 29.3 Å². The van der Waals surface area contributed by atoms with Crippen LogP contribution in [0, 0.1) is 0 Å². The number of aryl methyl sites for hydroxylation is 1. The van der Waals surface area contributed by atoms with Crippen molar-refractivity contribution in [2.45, 2.75) is 19.5 Å². The Morgan fingerprint density at radius 3 is 2.74 bits per heavy atom. The standard InChI is InChI=1S/C20H19N9O4S/c1-26-16-15(18(32)27(2)20(26)33)29(10-23-16)9-14(30)28-6-3-11-13(8-28)34-19(24-11)25-17(31)12-7-21-4-5-22-12/h4-5,7,10H,3,6,8-9H2,1-2H3,(H,24,25,31). The van der Waals surface area contributed by atoms with Crippen LogP contribution in [-0.4, -0.2) is 56.9 Å². The van der Waals surface area contributed by atoms with Gasteiger partial charge in [-0.3, -0.25) is 33.8 Å². The lowest BCUT2D eigenvalue weighted by molar-refractivity contribution is -0.132. The molecule has 0 saturated heterocycles. The van der Waals surface area contributed by atoms with Crippen molar-refractivity contribution in [3.8, 4) is 0 Å². The Morgan fingerprint density at radius 1 is 1.15 bits per heavy atom. The molecule has 0 saturated carbocycles. The molecule has 5 heterocycles. The number of fused-ring (bicyclic) bond motifs is 2. The average Bonchev–Trinajstić information content (AvgIpc) is 3.45. The Balaban J connectivity index is 1.32. The molecule has 0 fully saturated rings. The zero-order valence-electron chi connectivity index (χ0n) is 18.3. The summed E-state index contributed by atoms with van der Waals surface area (Å²) in [5, 5.41) is 3.15. The summed E-state index contributed by atoms with van der Waals surface area (Å²) in [4.78, 5) is 69.1. The lowest BCUT2D eigenvalue weighted by atomic mass is 10.2. The van der Waals surface area contributed by atoms with E-state index in [1.807, 2.05) is 0 Å². The van der Waals surface area contributed by atoms with Gasteiger partial charge in [0.05, 0.1) is 24.8 Å². The fourth-order valence-corrected chi connectivity index (χ4v) is 4.82. The largest absolute Gasteiger partial charge is 0.336 e. The van der Waals surface area contributed by atoms with E-state index in [1.54, 1.807) is 4.90 Å². The minimum Gasteiger partial charge on any atom is -0.336 e. The van der Waals surface area contributed by atoms with Crippen LogP contribution in [0.3, 0.4) is 0 Å². The van der Waals surface area contributed by atoms with Crippen LogP contribution < -0.4 is 16.6 Å². The molecule has 0 atom stereocenters. The second-order valence-electron chi connectivity index (χ2n) is 7.75. The fourth-order valence-electron chi connectivity index (χ4n) is 3.80. The predicted molar refractivity (Wildman–Crippen MR) is 121 cm³/mol. The number of nitrogens with one attached hydrogen (secondary N) is 1. The summed E-state index contributed by atoms with van der Waals surface area (Å²) in [6, 6.07) is 0. The maximum absolute atomic E-state index is 13.0. The van der Waals surface area contributed by atoms with Crippen molar-refractivity contribution in [1.29, 1.82) is 0 Å². The second kappa shape index (κ2) is 8.30. The molecule has 1 N–H and O–H groups in total. The molecule has 4 aromatic rings. The first-order valence-electron chi connectivity index (χ1n) is 10.3. The number of hydrogen-bond donors (Lipinski definition) is 1. The van der Waals surface area contributed by atoms with E-state index >= 15 is 0 Å². The zero-order chi connectivity index (χ0) is 24.0. The van der Waals surface area contributed by atoms with Crippen molar-refractivity contribution in [1.82, 2.24) is 38.5 Å². The van der Waals surface area contributed by atoms with E-state index in [0.29, 0.717) is 24.6 Å². The predicted octanol–water partition coefficient (Wildman–Crippen LogP) is -0.483. The summed E-state index contributed by atoms with van der Waals surface area (Å²) in [6.45, 7) is 0.709. The van der Waals surface area contributed by atoms with E-state index in [2.05, 4.69) is 25.3 Å². The minimum absolute atomic E-state index is 0.0889. The number of thiazole rings is 1. The molecule has 0 aliphatic carbocycles. The van der Waals surface area contributed by atoms with Gasteiger partial charge in [0.25, 0.3) is 11.5 Å². The Labute approximate surface area is 195 Å². The summed E-state index contributed by atoms with van der Waals surface area (Å²) in [5.41, 5.74) is 0.458. The van der Waals surface area contributed by atoms with E-state index < -0.39 is 17.2 Å². The van der Waals surface area contributed by atoms with Crippen LogP contribution >= 0.6 is 11.3 Å². The highest BCUT2D eigenvalue weighted by atomic mass is 32.1. The van der Waals surface area contributed by atoms with Crippen molar-refractivity contribution < 1.29 is 9.59 Å². The zero-order valence-corrected chi connectivity index (χ0v) is 19.1. The topological polar surface area (TPSA) is 150 Å². The molecule has 0 spiro atoms. The van der Waals surface area contributed by atoms with Crippen LogP contribution in [0.25, 0.3) is 11.2 Å². The molecule has 0 aromatic carbocycles. The highest BCUT2D eigenvalue weighted by Gasteiger charge is 2.26. The minimum atomic E-state index is -0.504. The molecule has 0 unspecified atom stereocenters. The summed E-state index contributed by atoms with van der Waals surface area (Å²) < 4.78 is 3.74. The Morgan fingerprint density at radius 2 is 1.97 bits per heavy atom. The van der Waals surface area contributed by atoms with Crippen LogP contribution in [0.15, 0.2) is 34.5 Å². The van der Waals surface area contributed by atoms with Gasteiger partial charge in [-0.15, -0.1) is 0 Å². The van der Waals surface area contributed by atoms with Gasteiger partial charge in [-0.25, -0.2) is 19.7 Å². The molecule has 34 heavy (non-hydrogen) atoms.